The maximum absolute atomic E-state index is 12.1. The first-order valence-electron chi connectivity index (χ1n) is 8.93. The zero-order chi connectivity index (χ0) is 19.8. The fraction of sp³-hybridized carbons (Fsp3) is 0.0909. The van der Waals surface area contributed by atoms with Crippen LogP contribution in [0.2, 0.25) is 0 Å². The minimum Gasteiger partial charge on any atom is -0.382 e. The maximum atomic E-state index is 12.1. The van der Waals surface area contributed by atoms with Gasteiger partial charge < -0.3 is 11.5 Å². The third-order valence-electron chi connectivity index (χ3n) is 4.85. The van der Waals surface area contributed by atoms with Crippen molar-refractivity contribution in [3.05, 3.63) is 72.3 Å². The van der Waals surface area contributed by atoms with Gasteiger partial charge in [0, 0.05) is 7.05 Å². The van der Waals surface area contributed by atoms with Crippen LogP contribution in [0.25, 0.3) is 22.0 Å². The van der Waals surface area contributed by atoms with Crippen LogP contribution >= 0.6 is 0 Å². The zero-order valence-electron chi connectivity index (χ0n) is 15.8. The topological polar surface area (TPSA) is 90.2 Å². The number of nitrogen functional groups attached to an aromatic ring is 1. The maximum Gasteiger partial charge on any atom is 0.323 e. The van der Waals surface area contributed by atoms with Crippen molar-refractivity contribution in [2.45, 2.75) is 6.92 Å². The van der Waals surface area contributed by atoms with Crippen LogP contribution in [0, 0.1) is 6.92 Å². The predicted molar refractivity (Wildman–Crippen MR) is 113 cm³/mol. The SMILES string of the molecule is Cc1ccc(N(C(N)=O)c2ccc(-c3cccc4c3c(N)nn4C)cc2)cc1. The van der Waals surface area contributed by atoms with Crippen molar-refractivity contribution in [1.29, 1.82) is 0 Å². The van der Waals surface area contributed by atoms with Crippen LogP contribution in [0.5, 0.6) is 0 Å². The van der Waals surface area contributed by atoms with Crippen molar-refractivity contribution in [3.8, 4) is 11.1 Å². The number of carbonyl (C=O) groups excluding carboxylic acids is 1. The summed E-state index contributed by atoms with van der Waals surface area (Å²) in [5, 5.41) is 5.24. The molecule has 6 nitrogen and oxygen atoms in total. The number of rotatable bonds is 3. The van der Waals surface area contributed by atoms with Crippen molar-refractivity contribution in [2.24, 2.45) is 12.8 Å². The second kappa shape index (κ2) is 6.74. The molecule has 0 aliphatic rings. The van der Waals surface area contributed by atoms with E-state index < -0.39 is 6.03 Å². The molecule has 4 N–H and O–H groups in total. The molecule has 0 saturated heterocycles. The minimum absolute atomic E-state index is 0.496. The van der Waals surface area contributed by atoms with Crippen LogP contribution in [0.4, 0.5) is 22.0 Å². The molecule has 0 unspecified atom stereocenters. The predicted octanol–water partition coefficient (Wildman–Crippen LogP) is 4.35. The highest BCUT2D eigenvalue weighted by atomic mass is 16.2. The van der Waals surface area contributed by atoms with Gasteiger partial charge in [0.2, 0.25) is 0 Å². The average molecular weight is 371 g/mol. The van der Waals surface area contributed by atoms with Gasteiger partial charge >= 0.3 is 6.03 Å². The van der Waals surface area contributed by atoms with Gasteiger partial charge in [0.05, 0.1) is 22.3 Å². The van der Waals surface area contributed by atoms with E-state index in [0.29, 0.717) is 11.5 Å². The molecule has 28 heavy (non-hydrogen) atoms. The highest BCUT2D eigenvalue weighted by Gasteiger charge is 2.16. The van der Waals surface area contributed by atoms with E-state index in [1.54, 1.807) is 4.68 Å². The summed E-state index contributed by atoms with van der Waals surface area (Å²) in [5.74, 6) is 0.496. The lowest BCUT2D eigenvalue weighted by Gasteiger charge is -2.21. The van der Waals surface area contributed by atoms with Crippen LogP contribution in [0.1, 0.15) is 5.56 Å². The van der Waals surface area contributed by atoms with Gasteiger partial charge in [-0.3, -0.25) is 9.58 Å². The number of urea groups is 1. The van der Waals surface area contributed by atoms with E-state index in [1.807, 2.05) is 80.7 Å². The molecule has 140 valence electrons. The third kappa shape index (κ3) is 2.95. The van der Waals surface area contributed by atoms with E-state index in [4.69, 9.17) is 11.5 Å². The quantitative estimate of drug-likeness (QED) is 0.561. The smallest absolute Gasteiger partial charge is 0.323 e. The minimum atomic E-state index is -0.532. The number of hydrogen-bond donors (Lipinski definition) is 2. The third-order valence-corrected chi connectivity index (χ3v) is 4.85. The second-order valence-corrected chi connectivity index (χ2v) is 6.76. The summed E-state index contributed by atoms with van der Waals surface area (Å²) in [5.41, 5.74) is 17.3. The molecule has 0 fully saturated rings. The molecule has 0 spiro atoms. The summed E-state index contributed by atoms with van der Waals surface area (Å²) in [7, 11) is 1.87. The average Bonchev–Trinajstić information content (AvgIpc) is 2.98. The Balaban J connectivity index is 1.76. The van der Waals surface area contributed by atoms with Gasteiger partial charge in [0.15, 0.2) is 5.82 Å². The Morgan fingerprint density at radius 1 is 0.964 bits per heavy atom. The van der Waals surface area contributed by atoms with Gasteiger partial charge in [-0.2, -0.15) is 5.10 Å². The molecule has 4 rings (SSSR count). The number of aromatic nitrogens is 2. The summed E-state index contributed by atoms with van der Waals surface area (Å²) >= 11 is 0. The molecule has 0 saturated carbocycles. The number of aryl methyl sites for hydroxylation is 2. The van der Waals surface area contributed by atoms with E-state index in [1.165, 1.54) is 4.90 Å². The molecular weight excluding hydrogens is 350 g/mol. The normalized spacial score (nSPS) is 10.9. The molecule has 4 aromatic rings. The monoisotopic (exact) mass is 371 g/mol. The fourth-order valence-corrected chi connectivity index (χ4v) is 3.47. The first kappa shape index (κ1) is 17.6. The van der Waals surface area contributed by atoms with Crippen LogP contribution in [-0.4, -0.2) is 15.8 Å². The summed E-state index contributed by atoms with van der Waals surface area (Å²) in [4.78, 5) is 13.6. The molecule has 1 heterocycles. The van der Waals surface area contributed by atoms with Crippen molar-refractivity contribution >= 4 is 34.1 Å². The van der Waals surface area contributed by atoms with E-state index in [0.717, 1.165) is 33.3 Å². The molecule has 6 heteroatoms. The van der Waals surface area contributed by atoms with Crippen LogP contribution in [-0.2, 0) is 7.05 Å². The fourth-order valence-electron chi connectivity index (χ4n) is 3.47. The Morgan fingerprint density at radius 3 is 2.18 bits per heavy atom. The Labute approximate surface area is 163 Å². The van der Waals surface area contributed by atoms with Crippen molar-refractivity contribution in [1.82, 2.24) is 9.78 Å². The van der Waals surface area contributed by atoms with Crippen LogP contribution in [0.15, 0.2) is 66.7 Å². The van der Waals surface area contributed by atoms with Gasteiger partial charge in [-0.15, -0.1) is 0 Å². The first-order chi connectivity index (χ1) is 13.5. The lowest BCUT2D eigenvalue weighted by atomic mass is 10.0. The number of nitrogens with two attached hydrogens (primary N) is 2. The Hall–Kier alpha value is -3.80. The van der Waals surface area contributed by atoms with Gasteiger partial charge in [-0.05, 0) is 48.4 Å². The highest BCUT2D eigenvalue weighted by Crippen LogP contribution is 2.34. The van der Waals surface area contributed by atoms with E-state index in [9.17, 15) is 4.79 Å². The number of benzene rings is 3. The zero-order valence-corrected chi connectivity index (χ0v) is 15.8. The number of carbonyl (C=O) groups is 1. The number of amides is 2. The van der Waals surface area contributed by atoms with E-state index >= 15 is 0 Å². The van der Waals surface area contributed by atoms with Gasteiger partial charge in [0.25, 0.3) is 0 Å². The van der Waals surface area contributed by atoms with E-state index in [2.05, 4.69) is 5.10 Å². The molecule has 0 aliphatic heterocycles. The summed E-state index contributed by atoms with van der Waals surface area (Å²) in [6.07, 6.45) is 0. The summed E-state index contributed by atoms with van der Waals surface area (Å²) in [6.45, 7) is 2.00. The Morgan fingerprint density at radius 2 is 1.57 bits per heavy atom. The van der Waals surface area contributed by atoms with E-state index in [-0.39, 0.29) is 0 Å². The standard InChI is InChI=1S/C22H21N5O/c1-14-6-10-16(11-7-14)27(22(24)28)17-12-8-15(9-13-17)18-4-3-5-19-20(18)21(23)25-26(19)2/h3-13H,1-2H3,(H2,23,25)(H2,24,28). The second-order valence-electron chi connectivity index (χ2n) is 6.76. The number of nitrogens with zero attached hydrogens (tertiary/aromatic N) is 3. The first-order valence-corrected chi connectivity index (χ1v) is 8.93. The van der Waals surface area contributed by atoms with Gasteiger partial charge in [0.1, 0.15) is 0 Å². The molecule has 0 radical (unpaired) electrons. The van der Waals surface area contributed by atoms with Crippen LogP contribution in [0.3, 0.4) is 0 Å². The van der Waals surface area contributed by atoms with Gasteiger partial charge in [-0.1, -0.05) is 42.0 Å². The van der Waals surface area contributed by atoms with Crippen molar-refractivity contribution in [2.75, 3.05) is 10.6 Å². The lowest BCUT2D eigenvalue weighted by Crippen LogP contribution is -2.31. The largest absolute Gasteiger partial charge is 0.382 e. The van der Waals surface area contributed by atoms with Gasteiger partial charge in [-0.25, -0.2) is 4.79 Å². The number of fused-ring (bicyclic) bond motifs is 1. The summed E-state index contributed by atoms with van der Waals surface area (Å²) < 4.78 is 1.77. The van der Waals surface area contributed by atoms with Crippen molar-refractivity contribution in [3.63, 3.8) is 0 Å². The Bertz CT molecular complexity index is 1160. The molecular formula is C22H21N5O. The van der Waals surface area contributed by atoms with Crippen molar-refractivity contribution < 1.29 is 4.79 Å². The molecule has 1 aromatic heterocycles. The summed E-state index contributed by atoms with van der Waals surface area (Å²) in [6, 6.07) is 20.8. The molecule has 0 atom stereocenters. The number of hydrogen-bond acceptors (Lipinski definition) is 3. The molecule has 2 amide bonds. The lowest BCUT2D eigenvalue weighted by molar-refractivity contribution is 0.256. The number of anilines is 3. The molecule has 0 bridgehead atoms. The molecule has 0 aliphatic carbocycles. The number of primary amides is 1. The Kier molecular flexibility index (Phi) is 4.24. The highest BCUT2D eigenvalue weighted by molar-refractivity contribution is 6.02. The molecule has 3 aromatic carbocycles. The van der Waals surface area contributed by atoms with Crippen LogP contribution < -0.4 is 16.4 Å².